The van der Waals surface area contributed by atoms with Crippen LogP contribution in [0, 0.1) is 20.8 Å². The van der Waals surface area contributed by atoms with E-state index in [-0.39, 0.29) is 11.4 Å². The number of benzene rings is 3. The van der Waals surface area contributed by atoms with Gasteiger partial charge in [-0.15, -0.1) is 0 Å². The van der Waals surface area contributed by atoms with Crippen molar-refractivity contribution in [1.82, 2.24) is 9.47 Å². The van der Waals surface area contributed by atoms with E-state index in [4.69, 9.17) is 11.6 Å². The maximum absolute atomic E-state index is 13.2. The monoisotopic (exact) mass is 543 g/mol. The molecule has 38 heavy (non-hydrogen) atoms. The van der Waals surface area contributed by atoms with Crippen LogP contribution in [0.5, 0.6) is 0 Å². The second-order valence-corrected chi connectivity index (χ2v) is 10.8. The Morgan fingerprint density at radius 1 is 0.974 bits per heavy atom. The minimum Gasteiger partial charge on any atom is -0.340 e. The maximum atomic E-state index is 13.2. The second kappa shape index (κ2) is 10.5. The van der Waals surface area contributed by atoms with Gasteiger partial charge in [0.1, 0.15) is 6.54 Å². The van der Waals surface area contributed by atoms with Crippen LogP contribution in [0.1, 0.15) is 27.9 Å². The molecule has 0 atom stereocenters. The molecule has 1 N–H and O–H groups in total. The van der Waals surface area contributed by atoms with E-state index < -0.39 is 17.1 Å². The highest BCUT2D eigenvalue weighted by Crippen LogP contribution is 2.36. The number of hydrogen-bond acceptors (Lipinski definition) is 4. The van der Waals surface area contributed by atoms with Crippen molar-refractivity contribution in [2.75, 3.05) is 11.9 Å². The molecule has 1 aliphatic heterocycles. The SMILES string of the molecule is Cc1cc(C)cc(NC(=O)CN2C(=O)S/C(=C\c3c(C)n(Cc4ccccc4Cl)c4ccccc34)C2=O)c1. The predicted molar refractivity (Wildman–Crippen MR) is 154 cm³/mol. The Labute approximate surface area is 230 Å². The first-order valence-corrected chi connectivity index (χ1v) is 13.4. The Hall–Kier alpha value is -3.81. The van der Waals surface area contributed by atoms with E-state index in [1.807, 2.05) is 87.5 Å². The largest absolute Gasteiger partial charge is 0.340 e. The number of amides is 3. The predicted octanol–water partition coefficient (Wildman–Crippen LogP) is 6.94. The number of nitrogens with one attached hydrogen (secondary N) is 1. The van der Waals surface area contributed by atoms with Gasteiger partial charge in [0.05, 0.1) is 4.91 Å². The van der Waals surface area contributed by atoms with Crippen LogP contribution < -0.4 is 5.32 Å². The van der Waals surface area contributed by atoms with E-state index >= 15 is 0 Å². The molecule has 0 bridgehead atoms. The highest BCUT2D eigenvalue weighted by atomic mass is 35.5. The molecular formula is C30H26ClN3O3S. The molecule has 0 spiro atoms. The summed E-state index contributed by atoms with van der Waals surface area (Å²) < 4.78 is 2.16. The first-order valence-electron chi connectivity index (χ1n) is 12.2. The van der Waals surface area contributed by atoms with Crippen molar-refractivity contribution in [1.29, 1.82) is 0 Å². The second-order valence-electron chi connectivity index (χ2n) is 9.39. The van der Waals surface area contributed by atoms with Crippen LogP contribution in [0.3, 0.4) is 0 Å². The van der Waals surface area contributed by atoms with Crippen molar-refractivity contribution >= 4 is 63.1 Å². The number of para-hydroxylation sites is 1. The molecule has 1 aromatic heterocycles. The molecular weight excluding hydrogens is 518 g/mol. The van der Waals surface area contributed by atoms with Gasteiger partial charge >= 0.3 is 0 Å². The Bertz CT molecular complexity index is 1620. The quantitative estimate of drug-likeness (QED) is 0.267. The van der Waals surface area contributed by atoms with Gasteiger partial charge in [-0.1, -0.05) is 54.1 Å². The number of carbonyl (C=O) groups is 3. The molecule has 6 nitrogen and oxygen atoms in total. The molecule has 192 valence electrons. The lowest BCUT2D eigenvalue weighted by molar-refractivity contribution is -0.127. The van der Waals surface area contributed by atoms with Gasteiger partial charge in [0.2, 0.25) is 5.91 Å². The van der Waals surface area contributed by atoms with E-state index in [1.54, 1.807) is 6.08 Å². The summed E-state index contributed by atoms with van der Waals surface area (Å²) in [5.41, 5.74) is 6.46. The van der Waals surface area contributed by atoms with E-state index in [9.17, 15) is 14.4 Å². The number of thioether (sulfide) groups is 1. The highest BCUT2D eigenvalue weighted by molar-refractivity contribution is 8.18. The summed E-state index contributed by atoms with van der Waals surface area (Å²) in [4.78, 5) is 39.9. The third-order valence-corrected chi connectivity index (χ3v) is 7.80. The molecule has 0 saturated carbocycles. The number of nitrogens with zero attached hydrogens (tertiary/aromatic N) is 2. The fraction of sp³-hybridized carbons (Fsp3) is 0.167. The molecule has 2 heterocycles. The van der Waals surface area contributed by atoms with Crippen LogP contribution in [0.25, 0.3) is 17.0 Å². The smallest absolute Gasteiger partial charge is 0.294 e. The van der Waals surface area contributed by atoms with Crippen LogP contribution >= 0.6 is 23.4 Å². The number of anilines is 1. The van der Waals surface area contributed by atoms with Crippen LogP contribution in [-0.4, -0.2) is 33.1 Å². The van der Waals surface area contributed by atoms with Crippen molar-refractivity contribution in [2.24, 2.45) is 0 Å². The first kappa shape index (κ1) is 25.8. The maximum Gasteiger partial charge on any atom is 0.294 e. The zero-order valence-corrected chi connectivity index (χ0v) is 22.8. The molecule has 1 saturated heterocycles. The van der Waals surface area contributed by atoms with Crippen LogP contribution in [-0.2, 0) is 16.1 Å². The summed E-state index contributed by atoms with van der Waals surface area (Å²) in [7, 11) is 0. The summed E-state index contributed by atoms with van der Waals surface area (Å²) in [6.45, 7) is 6.10. The van der Waals surface area contributed by atoms with E-state index in [0.717, 1.165) is 55.5 Å². The molecule has 0 radical (unpaired) electrons. The van der Waals surface area contributed by atoms with Crippen LogP contribution in [0.4, 0.5) is 10.5 Å². The third kappa shape index (κ3) is 5.12. The van der Waals surface area contributed by atoms with Crippen LogP contribution in [0.2, 0.25) is 5.02 Å². The minimum absolute atomic E-state index is 0.290. The zero-order valence-electron chi connectivity index (χ0n) is 21.2. The number of halogens is 1. The lowest BCUT2D eigenvalue weighted by Gasteiger charge is -2.13. The molecule has 1 aliphatic rings. The number of aryl methyl sites for hydroxylation is 2. The van der Waals surface area contributed by atoms with Gasteiger partial charge < -0.3 is 9.88 Å². The Balaban J connectivity index is 1.42. The lowest BCUT2D eigenvalue weighted by atomic mass is 10.1. The van der Waals surface area contributed by atoms with Crippen molar-refractivity contribution < 1.29 is 14.4 Å². The van der Waals surface area contributed by atoms with Gasteiger partial charge in [0.15, 0.2) is 0 Å². The highest BCUT2D eigenvalue weighted by Gasteiger charge is 2.36. The molecule has 1 fully saturated rings. The fourth-order valence-electron chi connectivity index (χ4n) is 4.80. The van der Waals surface area contributed by atoms with Gasteiger partial charge in [0.25, 0.3) is 11.1 Å². The van der Waals surface area contributed by atoms with E-state index in [0.29, 0.717) is 17.3 Å². The van der Waals surface area contributed by atoms with Crippen LogP contribution in [0.15, 0.2) is 71.6 Å². The van der Waals surface area contributed by atoms with Gasteiger partial charge in [-0.05, 0) is 79.6 Å². The van der Waals surface area contributed by atoms with Gasteiger partial charge in [0, 0.05) is 39.4 Å². The lowest BCUT2D eigenvalue weighted by Crippen LogP contribution is -2.36. The average molecular weight is 544 g/mol. The summed E-state index contributed by atoms with van der Waals surface area (Å²) in [6, 6.07) is 21.3. The molecule has 8 heteroatoms. The van der Waals surface area contributed by atoms with Crippen molar-refractivity contribution in [3.05, 3.63) is 105 Å². The van der Waals surface area contributed by atoms with E-state index in [2.05, 4.69) is 9.88 Å². The topological polar surface area (TPSA) is 71.4 Å². The summed E-state index contributed by atoms with van der Waals surface area (Å²) >= 11 is 7.28. The summed E-state index contributed by atoms with van der Waals surface area (Å²) in [5, 5.41) is 3.98. The fourth-order valence-corrected chi connectivity index (χ4v) is 5.81. The normalized spacial score (nSPS) is 14.6. The zero-order chi connectivity index (χ0) is 27.0. The standard InChI is InChI=1S/C30H26ClN3O3S/c1-18-12-19(2)14-22(13-18)32-28(35)17-34-29(36)27(38-30(34)37)15-24-20(3)33(26-11-7-5-9-23(24)26)16-21-8-4-6-10-25(21)31/h4-15H,16-17H2,1-3H3,(H,32,35)/b27-15-. The Kier molecular flexibility index (Phi) is 7.15. The molecule has 4 aromatic rings. The van der Waals surface area contributed by atoms with Gasteiger partial charge in [-0.2, -0.15) is 0 Å². The number of aromatic nitrogens is 1. The van der Waals surface area contributed by atoms with Gasteiger partial charge in [-0.25, -0.2) is 0 Å². The molecule has 3 amide bonds. The number of carbonyl (C=O) groups excluding carboxylic acids is 3. The number of rotatable bonds is 6. The number of fused-ring (bicyclic) bond motifs is 1. The minimum atomic E-state index is -0.474. The van der Waals surface area contributed by atoms with E-state index in [1.165, 1.54) is 0 Å². The molecule has 0 unspecified atom stereocenters. The number of imide groups is 1. The molecule has 5 rings (SSSR count). The third-order valence-electron chi connectivity index (χ3n) is 6.52. The molecule has 3 aromatic carbocycles. The molecule has 0 aliphatic carbocycles. The number of hydrogen-bond donors (Lipinski definition) is 1. The van der Waals surface area contributed by atoms with Crippen molar-refractivity contribution in [3.63, 3.8) is 0 Å². The summed E-state index contributed by atoms with van der Waals surface area (Å²) in [5.74, 6) is -0.899. The summed E-state index contributed by atoms with van der Waals surface area (Å²) in [6.07, 6.45) is 1.76. The first-order chi connectivity index (χ1) is 18.2. The Morgan fingerprint density at radius 2 is 1.66 bits per heavy atom. The van der Waals surface area contributed by atoms with Crippen molar-refractivity contribution in [2.45, 2.75) is 27.3 Å². The average Bonchev–Trinajstić information content (AvgIpc) is 3.28. The van der Waals surface area contributed by atoms with Gasteiger partial charge in [-0.3, -0.25) is 19.3 Å². The Morgan fingerprint density at radius 3 is 2.39 bits per heavy atom. The van der Waals surface area contributed by atoms with Crippen molar-refractivity contribution in [3.8, 4) is 0 Å².